The predicted molar refractivity (Wildman–Crippen MR) is 219 cm³/mol. The molecule has 1 aliphatic heterocycles. The molecule has 0 spiro atoms. The summed E-state index contributed by atoms with van der Waals surface area (Å²) in [7, 11) is 0. The summed E-state index contributed by atoms with van der Waals surface area (Å²) in [5, 5.41) is 4.67. The number of anilines is 2. The second-order valence-corrected chi connectivity index (χ2v) is 14.0. The zero-order valence-electron chi connectivity index (χ0n) is 29.2. The summed E-state index contributed by atoms with van der Waals surface area (Å²) in [5.41, 5.74) is 10.3. The molecule has 0 N–H and O–H groups in total. The third-order valence-electron chi connectivity index (χ3n) is 10.8. The highest BCUT2D eigenvalue weighted by Gasteiger charge is 2.37. The number of hydrogen-bond acceptors (Lipinski definition) is 5. The lowest BCUT2D eigenvalue weighted by atomic mass is 9.89. The van der Waals surface area contributed by atoms with Crippen molar-refractivity contribution in [2.75, 3.05) is 4.90 Å². The van der Waals surface area contributed by atoms with Crippen LogP contribution in [0.2, 0.25) is 0 Å². The first kappa shape index (κ1) is 30.5. The molecular weight excluding hydrogens is 661 g/mol. The monoisotopic (exact) mass is 692 g/mol. The van der Waals surface area contributed by atoms with Crippen LogP contribution in [0.4, 0.5) is 11.4 Å². The van der Waals surface area contributed by atoms with Crippen LogP contribution < -0.4 is 15.3 Å². The summed E-state index contributed by atoms with van der Waals surface area (Å²) >= 11 is 0. The Morgan fingerprint density at radius 1 is 0.463 bits per heavy atom. The summed E-state index contributed by atoms with van der Waals surface area (Å²) in [5.74, 6) is 2.12. The number of nitrogens with zero attached hydrogens (tertiary/aromatic N) is 4. The molecule has 0 saturated carbocycles. The summed E-state index contributed by atoms with van der Waals surface area (Å²) in [6.45, 7) is 0. The molecule has 5 nitrogen and oxygen atoms in total. The van der Waals surface area contributed by atoms with Crippen molar-refractivity contribution in [2.24, 2.45) is 0 Å². The summed E-state index contributed by atoms with van der Waals surface area (Å²) < 4.78 is 6.71. The molecule has 3 heterocycles. The minimum Gasteiger partial charge on any atom is -0.455 e. The summed E-state index contributed by atoms with van der Waals surface area (Å²) in [6.07, 6.45) is 4.87. The minimum atomic E-state index is 0.223. The predicted octanol–water partition coefficient (Wildman–Crippen LogP) is 10.3. The smallest absolute Gasteiger partial charge is 0.167 e. The van der Waals surface area contributed by atoms with Crippen molar-refractivity contribution in [3.8, 4) is 45.3 Å². The number of hydrogen-bond donors (Lipinski definition) is 0. The maximum atomic E-state index is 6.71. The molecule has 2 unspecified atom stereocenters. The lowest BCUT2D eigenvalue weighted by molar-refractivity contribution is 0.669. The number of fused-ring (bicyclic) bond motifs is 7. The van der Waals surface area contributed by atoms with Gasteiger partial charge in [-0.25, -0.2) is 15.0 Å². The Bertz CT molecular complexity index is 2950. The Morgan fingerprint density at radius 3 is 1.83 bits per heavy atom. The standard InChI is InChI=1S/C49H32N4O/c1-3-12-32(13-4-1)47-50-48(33-14-5-2-6-15-33)52-49(51-47)41-20-11-19-40-39-27-24-36(30-45(39)54-46(40)41)31-22-25-37(26-23-31)53-43-21-10-9-18-38(43)42-28-34-16-7-8-17-35(34)29-44(42)53/h1-30,42,44H. The van der Waals surface area contributed by atoms with Crippen LogP contribution in [0.1, 0.15) is 11.5 Å². The van der Waals surface area contributed by atoms with Gasteiger partial charge in [0.2, 0.25) is 0 Å². The first-order chi connectivity index (χ1) is 26.7. The van der Waals surface area contributed by atoms with E-state index in [2.05, 4.69) is 120 Å². The molecule has 2 atom stereocenters. The third kappa shape index (κ3) is 4.97. The molecule has 1 aliphatic carbocycles. The van der Waals surface area contributed by atoms with Gasteiger partial charge in [-0.05, 0) is 63.5 Å². The SMILES string of the molecule is C1=c2ccccc2=CC2C1c1ccccc1N2c1ccc(-c2ccc3c(c2)oc2c(-c4nc(-c5ccccc5)nc(-c5ccccc5)n4)cccc23)cc1. The Morgan fingerprint density at radius 2 is 1.09 bits per heavy atom. The van der Waals surface area contributed by atoms with E-state index in [1.165, 1.54) is 27.4 Å². The fraction of sp³-hybridized carbons (Fsp3) is 0.0408. The van der Waals surface area contributed by atoms with E-state index in [-0.39, 0.29) is 6.04 Å². The first-order valence-corrected chi connectivity index (χ1v) is 18.4. The van der Waals surface area contributed by atoms with Gasteiger partial charge in [0.15, 0.2) is 17.5 Å². The minimum absolute atomic E-state index is 0.223. The van der Waals surface area contributed by atoms with Crippen LogP contribution in [0, 0.1) is 0 Å². The van der Waals surface area contributed by atoms with Crippen molar-refractivity contribution in [3.05, 3.63) is 186 Å². The number of aromatic nitrogens is 3. The van der Waals surface area contributed by atoms with Gasteiger partial charge in [-0.3, -0.25) is 0 Å². The van der Waals surface area contributed by atoms with E-state index >= 15 is 0 Å². The molecule has 9 aromatic rings. The van der Waals surface area contributed by atoms with Crippen LogP contribution in [-0.4, -0.2) is 21.0 Å². The summed E-state index contributed by atoms with van der Waals surface area (Å²) in [4.78, 5) is 17.3. The van der Waals surface area contributed by atoms with Crippen LogP contribution >= 0.6 is 0 Å². The average molecular weight is 693 g/mol. The molecule has 2 aliphatic rings. The summed E-state index contributed by atoms with van der Waals surface area (Å²) in [6, 6.07) is 59.5. The zero-order valence-corrected chi connectivity index (χ0v) is 29.2. The van der Waals surface area contributed by atoms with Crippen LogP contribution in [0.5, 0.6) is 0 Å². The van der Waals surface area contributed by atoms with Crippen molar-refractivity contribution in [1.82, 2.24) is 15.0 Å². The van der Waals surface area contributed by atoms with Gasteiger partial charge in [0.05, 0.1) is 11.6 Å². The number of furan rings is 1. The van der Waals surface area contributed by atoms with E-state index in [4.69, 9.17) is 19.4 Å². The number of benzene rings is 7. The largest absolute Gasteiger partial charge is 0.455 e. The fourth-order valence-electron chi connectivity index (χ4n) is 8.26. The van der Waals surface area contributed by atoms with Crippen molar-refractivity contribution >= 4 is 45.5 Å². The van der Waals surface area contributed by atoms with Crippen molar-refractivity contribution in [3.63, 3.8) is 0 Å². The normalized spacial score (nSPS) is 15.7. The molecule has 0 radical (unpaired) electrons. The van der Waals surface area contributed by atoms with Crippen LogP contribution in [0.3, 0.4) is 0 Å². The Labute approximate surface area is 311 Å². The van der Waals surface area contributed by atoms with E-state index < -0.39 is 0 Å². The van der Waals surface area contributed by atoms with Gasteiger partial charge in [-0.2, -0.15) is 0 Å². The van der Waals surface area contributed by atoms with E-state index in [0.717, 1.165) is 49.8 Å². The third-order valence-corrected chi connectivity index (χ3v) is 10.8. The van der Waals surface area contributed by atoms with Gasteiger partial charge < -0.3 is 9.32 Å². The molecule has 7 aromatic carbocycles. The lowest BCUT2D eigenvalue weighted by Crippen LogP contribution is -2.38. The van der Waals surface area contributed by atoms with Gasteiger partial charge in [-0.15, -0.1) is 0 Å². The van der Waals surface area contributed by atoms with Gasteiger partial charge in [0, 0.05) is 39.2 Å². The lowest BCUT2D eigenvalue weighted by Gasteiger charge is -2.29. The van der Waals surface area contributed by atoms with Crippen LogP contribution in [0.25, 0.3) is 79.4 Å². The molecule has 0 fully saturated rings. The maximum absolute atomic E-state index is 6.71. The molecule has 254 valence electrons. The van der Waals surface area contributed by atoms with E-state index in [1.54, 1.807) is 0 Å². The molecule has 0 saturated heterocycles. The fourth-order valence-corrected chi connectivity index (χ4v) is 8.26. The first-order valence-electron chi connectivity index (χ1n) is 18.4. The van der Waals surface area contributed by atoms with E-state index in [1.807, 2.05) is 66.7 Å². The maximum Gasteiger partial charge on any atom is 0.167 e. The molecule has 5 heteroatoms. The second-order valence-electron chi connectivity index (χ2n) is 14.0. The molecule has 0 amide bonds. The Kier molecular flexibility index (Phi) is 6.92. The van der Waals surface area contributed by atoms with Crippen molar-refractivity contribution in [1.29, 1.82) is 0 Å². The molecule has 0 bridgehead atoms. The Balaban J connectivity index is 0.974. The quantitative estimate of drug-likeness (QED) is 0.180. The van der Waals surface area contributed by atoms with Gasteiger partial charge in [0.1, 0.15) is 11.2 Å². The highest BCUT2D eigenvalue weighted by atomic mass is 16.3. The zero-order chi connectivity index (χ0) is 35.6. The highest BCUT2D eigenvalue weighted by Crippen LogP contribution is 2.47. The van der Waals surface area contributed by atoms with Gasteiger partial charge in [0.25, 0.3) is 0 Å². The van der Waals surface area contributed by atoms with Crippen molar-refractivity contribution in [2.45, 2.75) is 12.0 Å². The molecule has 11 rings (SSSR count). The highest BCUT2D eigenvalue weighted by molar-refractivity contribution is 6.10. The Hall–Kier alpha value is -7.11. The number of rotatable bonds is 5. The van der Waals surface area contributed by atoms with Gasteiger partial charge in [-0.1, -0.05) is 146 Å². The topological polar surface area (TPSA) is 55.1 Å². The van der Waals surface area contributed by atoms with Crippen molar-refractivity contribution < 1.29 is 4.42 Å². The molecule has 2 aromatic heterocycles. The second kappa shape index (κ2) is 12.2. The van der Waals surface area contributed by atoms with E-state index in [9.17, 15) is 0 Å². The number of para-hydroxylation sites is 2. The van der Waals surface area contributed by atoms with Crippen LogP contribution in [-0.2, 0) is 0 Å². The van der Waals surface area contributed by atoms with Crippen LogP contribution in [0.15, 0.2) is 174 Å². The molecule has 54 heavy (non-hydrogen) atoms. The average Bonchev–Trinajstić information content (AvgIpc) is 3.78. The molecular formula is C49H32N4O. The van der Waals surface area contributed by atoms with E-state index in [0.29, 0.717) is 23.4 Å². The van der Waals surface area contributed by atoms with Gasteiger partial charge >= 0.3 is 0 Å².